The number of nitrogens with one attached hydrogen (secondary N) is 1. The van der Waals surface area contributed by atoms with Crippen molar-refractivity contribution in [1.29, 1.82) is 0 Å². The van der Waals surface area contributed by atoms with E-state index in [1.165, 1.54) is 18.5 Å². The van der Waals surface area contributed by atoms with E-state index in [0.717, 1.165) is 6.26 Å². The molecule has 26 heavy (non-hydrogen) atoms. The Bertz CT molecular complexity index is 853. The fraction of sp³-hybridized carbons (Fsp3) is 0.278. The van der Waals surface area contributed by atoms with Gasteiger partial charge in [-0.25, -0.2) is 8.42 Å². The molecule has 2 aromatic rings. The highest BCUT2D eigenvalue weighted by Crippen LogP contribution is 2.29. The molecule has 0 aromatic heterocycles. The summed E-state index contributed by atoms with van der Waals surface area (Å²) in [6.07, 6.45) is 1.11. The van der Waals surface area contributed by atoms with Gasteiger partial charge in [-0.2, -0.15) is 0 Å². The normalized spacial score (nSPS) is 10.9. The average molecular weight is 378 g/mol. The zero-order chi connectivity index (χ0) is 19.2. The largest absolute Gasteiger partial charge is 0.497 e. The Balaban J connectivity index is 2.07. The predicted molar refractivity (Wildman–Crippen MR) is 101 cm³/mol. The molecule has 0 saturated carbocycles. The first kappa shape index (κ1) is 19.6. The van der Waals surface area contributed by atoms with Crippen molar-refractivity contribution in [2.75, 3.05) is 36.6 Å². The van der Waals surface area contributed by atoms with E-state index in [-0.39, 0.29) is 18.9 Å². The summed E-state index contributed by atoms with van der Waals surface area (Å²) in [4.78, 5) is 12.3. The Morgan fingerprint density at radius 2 is 1.77 bits per heavy atom. The predicted octanol–water partition coefficient (Wildman–Crippen LogP) is 2.50. The second-order valence-electron chi connectivity index (χ2n) is 5.54. The number of benzene rings is 2. The second-order valence-corrected chi connectivity index (χ2v) is 7.44. The monoisotopic (exact) mass is 378 g/mol. The lowest BCUT2D eigenvalue weighted by Gasteiger charge is -2.22. The number of ether oxygens (including phenoxy) is 2. The number of carbonyl (C=O) groups is 1. The van der Waals surface area contributed by atoms with Crippen molar-refractivity contribution in [3.05, 3.63) is 48.5 Å². The fourth-order valence-electron chi connectivity index (χ4n) is 2.40. The first-order chi connectivity index (χ1) is 12.3. The van der Waals surface area contributed by atoms with Gasteiger partial charge in [0.1, 0.15) is 11.5 Å². The summed E-state index contributed by atoms with van der Waals surface area (Å²) in [6.45, 7) is 0.0349. The highest BCUT2D eigenvalue weighted by atomic mass is 32.2. The molecule has 1 amide bonds. The number of anilines is 2. The van der Waals surface area contributed by atoms with Crippen LogP contribution in [0.2, 0.25) is 0 Å². The van der Waals surface area contributed by atoms with Crippen molar-refractivity contribution in [1.82, 2.24) is 0 Å². The SMILES string of the molecule is COc1ccc(NC(=O)CCN(c2ccccc2)S(C)(=O)=O)c(OC)c1. The first-order valence-electron chi connectivity index (χ1n) is 7.90. The number of sulfonamides is 1. The molecule has 0 unspecified atom stereocenters. The van der Waals surface area contributed by atoms with Gasteiger partial charge in [-0.1, -0.05) is 18.2 Å². The van der Waals surface area contributed by atoms with Gasteiger partial charge in [0.15, 0.2) is 0 Å². The fourth-order valence-corrected chi connectivity index (χ4v) is 3.33. The molecule has 0 aliphatic carbocycles. The van der Waals surface area contributed by atoms with Crippen molar-refractivity contribution in [2.45, 2.75) is 6.42 Å². The smallest absolute Gasteiger partial charge is 0.232 e. The van der Waals surface area contributed by atoms with Gasteiger partial charge in [0.2, 0.25) is 15.9 Å². The Morgan fingerprint density at radius 1 is 1.08 bits per heavy atom. The van der Waals surface area contributed by atoms with Gasteiger partial charge < -0.3 is 14.8 Å². The van der Waals surface area contributed by atoms with Crippen LogP contribution in [-0.2, 0) is 14.8 Å². The summed E-state index contributed by atoms with van der Waals surface area (Å²) in [7, 11) is -0.467. The number of amides is 1. The zero-order valence-electron chi connectivity index (χ0n) is 14.9. The van der Waals surface area contributed by atoms with Crippen molar-refractivity contribution in [2.24, 2.45) is 0 Å². The molecule has 0 fully saturated rings. The lowest BCUT2D eigenvalue weighted by atomic mass is 10.2. The molecular formula is C18H22N2O5S. The maximum Gasteiger partial charge on any atom is 0.232 e. The summed E-state index contributed by atoms with van der Waals surface area (Å²) in [6, 6.07) is 13.7. The Labute approximate surface area is 153 Å². The number of hydrogen-bond donors (Lipinski definition) is 1. The number of nitrogens with zero attached hydrogens (tertiary/aromatic N) is 1. The van der Waals surface area contributed by atoms with Gasteiger partial charge in [0.25, 0.3) is 0 Å². The van der Waals surface area contributed by atoms with Crippen LogP contribution in [0.25, 0.3) is 0 Å². The van der Waals surface area contributed by atoms with E-state index in [1.54, 1.807) is 48.5 Å². The van der Waals surface area contributed by atoms with Crippen molar-refractivity contribution < 1.29 is 22.7 Å². The maximum atomic E-state index is 12.3. The quantitative estimate of drug-likeness (QED) is 0.763. The van der Waals surface area contributed by atoms with Crippen molar-refractivity contribution in [3.8, 4) is 11.5 Å². The van der Waals surface area contributed by atoms with Gasteiger partial charge >= 0.3 is 0 Å². The van der Waals surface area contributed by atoms with Crippen LogP contribution in [-0.4, -0.2) is 41.3 Å². The minimum absolute atomic E-state index is 0.00283. The van der Waals surface area contributed by atoms with Crippen molar-refractivity contribution in [3.63, 3.8) is 0 Å². The van der Waals surface area contributed by atoms with Crippen LogP contribution in [0.5, 0.6) is 11.5 Å². The third-order valence-corrected chi connectivity index (χ3v) is 4.86. The van der Waals surface area contributed by atoms with Gasteiger partial charge in [0, 0.05) is 19.0 Å². The van der Waals surface area contributed by atoms with E-state index >= 15 is 0 Å². The van der Waals surface area contributed by atoms with Crippen LogP contribution in [0.4, 0.5) is 11.4 Å². The van der Waals surface area contributed by atoms with Gasteiger partial charge in [0.05, 0.1) is 31.9 Å². The number of methoxy groups -OCH3 is 2. The molecule has 0 bridgehead atoms. The molecular weight excluding hydrogens is 356 g/mol. The zero-order valence-corrected chi connectivity index (χ0v) is 15.7. The molecule has 0 atom stereocenters. The lowest BCUT2D eigenvalue weighted by molar-refractivity contribution is -0.116. The molecule has 8 heteroatoms. The van der Waals surface area contributed by atoms with E-state index in [2.05, 4.69) is 5.32 Å². The molecule has 1 N–H and O–H groups in total. The molecule has 0 radical (unpaired) electrons. The number of carbonyl (C=O) groups excluding carboxylic acids is 1. The minimum atomic E-state index is -3.50. The topological polar surface area (TPSA) is 84.9 Å². The Kier molecular flexibility index (Phi) is 6.46. The highest BCUT2D eigenvalue weighted by molar-refractivity contribution is 7.92. The first-order valence-corrected chi connectivity index (χ1v) is 9.74. The third-order valence-electron chi connectivity index (χ3n) is 3.67. The van der Waals surface area contributed by atoms with E-state index in [4.69, 9.17) is 9.47 Å². The minimum Gasteiger partial charge on any atom is -0.497 e. The summed E-state index contributed by atoms with van der Waals surface area (Å²) in [5.74, 6) is 0.742. The summed E-state index contributed by atoms with van der Waals surface area (Å²) in [5, 5.41) is 2.73. The maximum absolute atomic E-state index is 12.3. The Hall–Kier alpha value is -2.74. The van der Waals surface area contributed by atoms with Crippen LogP contribution in [0, 0.1) is 0 Å². The van der Waals surface area contributed by atoms with Crippen LogP contribution < -0.4 is 19.1 Å². The van der Waals surface area contributed by atoms with Gasteiger partial charge in [-0.3, -0.25) is 9.10 Å². The Morgan fingerprint density at radius 3 is 2.35 bits per heavy atom. The second kappa shape index (κ2) is 8.57. The number of rotatable bonds is 8. The summed E-state index contributed by atoms with van der Waals surface area (Å²) < 4.78 is 35.6. The van der Waals surface area contributed by atoms with E-state index in [9.17, 15) is 13.2 Å². The van der Waals surface area contributed by atoms with Gasteiger partial charge in [-0.05, 0) is 24.3 Å². The van der Waals surface area contributed by atoms with E-state index in [0.29, 0.717) is 22.9 Å². The molecule has 0 saturated heterocycles. The van der Waals surface area contributed by atoms with Crippen LogP contribution in [0.3, 0.4) is 0 Å². The molecule has 0 spiro atoms. The molecule has 0 aliphatic rings. The van der Waals surface area contributed by atoms with Crippen LogP contribution in [0.15, 0.2) is 48.5 Å². The van der Waals surface area contributed by atoms with Crippen molar-refractivity contribution >= 4 is 27.3 Å². The molecule has 2 aromatic carbocycles. The lowest BCUT2D eigenvalue weighted by Crippen LogP contribution is -2.33. The summed E-state index contributed by atoms with van der Waals surface area (Å²) in [5.41, 5.74) is 1.01. The standard InChI is InChI=1S/C18H22N2O5S/c1-24-15-9-10-16(17(13-15)25-2)19-18(21)11-12-20(26(3,22)23)14-7-5-4-6-8-14/h4-10,13H,11-12H2,1-3H3,(H,19,21). The van der Waals surface area contributed by atoms with Crippen LogP contribution in [0.1, 0.15) is 6.42 Å². The molecule has 140 valence electrons. The molecule has 2 rings (SSSR count). The van der Waals surface area contributed by atoms with Crippen LogP contribution >= 0.6 is 0 Å². The number of hydrogen-bond acceptors (Lipinski definition) is 5. The third kappa shape index (κ3) is 5.13. The number of para-hydroxylation sites is 1. The molecule has 0 aliphatic heterocycles. The van der Waals surface area contributed by atoms with E-state index in [1.807, 2.05) is 0 Å². The average Bonchev–Trinajstić information content (AvgIpc) is 2.62. The van der Waals surface area contributed by atoms with E-state index < -0.39 is 10.0 Å². The highest BCUT2D eigenvalue weighted by Gasteiger charge is 2.19. The molecule has 7 nitrogen and oxygen atoms in total. The summed E-state index contributed by atoms with van der Waals surface area (Å²) >= 11 is 0. The van der Waals surface area contributed by atoms with Gasteiger partial charge in [-0.15, -0.1) is 0 Å². The molecule has 0 heterocycles.